The molecule has 4 rings (SSSR count). The summed E-state index contributed by atoms with van der Waals surface area (Å²) in [5.74, 6) is -3.60. The van der Waals surface area contributed by atoms with Crippen molar-refractivity contribution in [2.45, 2.75) is 32.2 Å². The van der Waals surface area contributed by atoms with Crippen molar-refractivity contribution in [3.05, 3.63) is 124 Å². The molecule has 41 heavy (non-hydrogen) atoms. The van der Waals surface area contributed by atoms with Crippen LogP contribution in [0.25, 0.3) is 0 Å². The predicted octanol–water partition coefficient (Wildman–Crippen LogP) is 4.09. The van der Waals surface area contributed by atoms with E-state index in [1.54, 1.807) is 48.3 Å². The van der Waals surface area contributed by atoms with Gasteiger partial charge in [0.1, 0.15) is 37.1 Å². The Labute approximate surface area is 234 Å². The van der Waals surface area contributed by atoms with Crippen LogP contribution in [-0.4, -0.2) is 46.8 Å². The molecule has 2 heterocycles. The number of hydrogen-bond acceptors (Lipinski definition) is 5. The summed E-state index contributed by atoms with van der Waals surface area (Å²) in [5, 5.41) is 4.08. The Bertz CT molecular complexity index is 1530. The molecule has 0 bridgehead atoms. The summed E-state index contributed by atoms with van der Waals surface area (Å²) >= 11 is 0. The maximum atomic E-state index is 14.1. The number of pyridine rings is 1. The number of amides is 2. The molecule has 2 amide bonds. The minimum Gasteiger partial charge on any atom is -0.482 e. The van der Waals surface area contributed by atoms with Gasteiger partial charge in [-0.25, -0.2) is 13.2 Å². The lowest BCUT2D eigenvalue weighted by Gasteiger charge is -2.44. The van der Waals surface area contributed by atoms with Gasteiger partial charge in [0.15, 0.2) is 11.4 Å². The second kappa shape index (κ2) is 12.6. The number of rotatable bonds is 11. The van der Waals surface area contributed by atoms with Gasteiger partial charge in [-0.3, -0.25) is 24.1 Å². The van der Waals surface area contributed by atoms with Crippen molar-refractivity contribution >= 4 is 11.8 Å². The molecule has 11 heteroatoms. The zero-order chi connectivity index (χ0) is 29.7. The Hall–Kier alpha value is -4.80. The summed E-state index contributed by atoms with van der Waals surface area (Å²) in [5.41, 5.74) is -0.773. The van der Waals surface area contributed by atoms with E-state index < -0.39 is 53.4 Å². The number of halogens is 3. The van der Waals surface area contributed by atoms with E-state index in [-0.39, 0.29) is 36.6 Å². The van der Waals surface area contributed by atoms with Crippen LogP contribution in [0.1, 0.15) is 38.9 Å². The number of carbonyl (C=O) groups is 2. The van der Waals surface area contributed by atoms with Crippen LogP contribution in [-0.2, 0) is 13.2 Å². The van der Waals surface area contributed by atoms with Crippen molar-refractivity contribution in [1.29, 1.82) is 0 Å². The molecule has 0 saturated carbocycles. The summed E-state index contributed by atoms with van der Waals surface area (Å²) in [4.78, 5) is 41.9. The number of hydrogen-bond donors (Lipinski definition) is 1. The first-order valence-corrected chi connectivity index (χ1v) is 12.8. The van der Waals surface area contributed by atoms with Gasteiger partial charge in [0.2, 0.25) is 5.43 Å². The van der Waals surface area contributed by atoms with Crippen LogP contribution in [0.2, 0.25) is 0 Å². The van der Waals surface area contributed by atoms with Crippen LogP contribution in [0, 0.1) is 11.6 Å². The molecule has 214 valence electrons. The number of aromatic nitrogens is 1. The second-order valence-electron chi connectivity index (χ2n) is 9.38. The zero-order valence-corrected chi connectivity index (χ0v) is 22.4. The van der Waals surface area contributed by atoms with Crippen LogP contribution < -0.4 is 20.5 Å². The quantitative estimate of drug-likeness (QED) is 0.354. The third kappa shape index (κ3) is 6.03. The van der Waals surface area contributed by atoms with Gasteiger partial charge in [-0.2, -0.15) is 0 Å². The van der Waals surface area contributed by atoms with Gasteiger partial charge in [-0.05, 0) is 18.6 Å². The normalized spacial score (nSPS) is 14.2. The Morgan fingerprint density at radius 2 is 1.85 bits per heavy atom. The lowest BCUT2D eigenvalue weighted by Crippen LogP contribution is -2.59. The first-order chi connectivity index (χ1) is 19.7. The molecule has 0 aliphatic carbocycles. The molecule has 8 nitrogen and oxygen atoms in total. The smallest absolute Gasteiger partial charge is 0.278 e. The molecular formula is C30H29F3N4O4. The molecule has 0 radical (unpaired) electrons. The first kappa shape index (κ1) is 29.2. The van der Waals surface area contributed by atoms with E-state index in [4.69, 9.17) is 4.74 Å². The SMILES string of the molecule is C=CC(C)N1CN([C@H](C=C)CF)C(=O)c2c(OCc3ccccc3)c(=O)c(C(=O)NCc3ccc(F)cc3F)cn21. The van der Waals surface area contributed by atoms with Gasteiger partial charge in [0, 0.05) is 24.4 Å². The summed E-state index contributed by atoms with van der Waals surface area (Å²) in [7, 11) is 0. The predicted molar refractivity (Wildman–Crippen MR) is 148 cm³/mol. The van der Waals surface area contributed by atoms with Gasteiger partial charge in [-0.15, -0.1) is 13.2 Å². The lowest BCUT2D eigenvalue weighted by molar-refractivity contribution is 0.0605. The highest BCUT2D eigenvalue weighted by Crippen LogP contribution is 2.26. The largest absolute Gasteiger partial charge is 0.482 e. The number of nitrogens with zero attached hydrogens (tertiary/aromatic N) is 3. The number of nitrogens with one attached hydrogen (secondary N) is 1. The van der Waals surface area contributed by atoms with Gasteiger partial charge in [0.05, 0.1) is 12.1 Å². The van der Waals surface area contributed by atoms with Crippen molar-refractivity contribution in [2.24, 2.45) is 0 Å². The molecular weight excluding hydrogens is 537 g/mol. The first-order valence-electron chi connectivity index (χ1n) is 12.8. The highest BCUT2D eigenvalue weighted by Gasteiger charge is 2.38. The summed E-state index contributed by atoms with van der Waals surface area (Å²) in [6.07, 6.45) is 4.07. The number of ether oxygens (including phenoxy) is 1. The lowest BCUT2D eigenvalue weighted by atomic mass is 10.1. The van der Waals surface area contributed by atoms with Gasteiger partial charge < -0.3 is 15.0 Å². The zero-order valence-electron chi connectivity index (χ0n) is 22.4. The summed E-state index contributed by atoms with van der Waals surface area (Å²) in [6.45, 7) is 7.74. The van der Waals surface area contributed by atoms with Crippen molar-refractivity contribution in [2.75, 3.05) is 18.4 Å². The molecule has 1 aromatic heterocycles. The molecule has 1 aliphatic heterocycles. The van der Waals surface area contributed by atoms with E-state index >= 15 is 0 Å². The van der Waals surface area contributed by atoms with Crippen LogP contribution in [0.3, 0.4) is 0 Å². The minimum atomic E-state index is -0.985. The van der Waals surface area contributed by atoms with E-state index in [1.165, 1.54) is 27.9 Å². The van der Waals surface area contributed by atoms with Crippen molar-refractivity contribution < 1.29 is 27.5 Å². The molecule has 1 unspecified atom stereocenters. The highest BCUT2D eigenvalue weighted by molar-refractivity contribution is 5.99. The average molecular weight is 567 g/mol. The molecule has 0 fully saturated rings. The molecule has 1 aliphatic rings. The topological polar surface area (TPSA) is 83.9 Å². The van der Waals surface area contributed by atoms with Crippen molar-refractivity contribution in [1.82, 2.24) is 14.9 Å². The fraction of sp³-hybridized carbons (Fsp3) is 0.233. The van der Waals surface area contributed by atoms with Crippen molar-refractivity contribution in [3.63, 3.8) is 0 Å². The fourth-order valence-corrected chi connectivity index (χ4v) is 4.34. The van der Waals surface area contributed by atoms with Gasteiger partial charge >= 0.3 is 0 Å². The summed E-state index contributed by atoms with van der Waals surface area (Å²) in [6, 6.07) is 10.4. The monoisotopic (exact) mass is 566 g/mol. The maximum Gasteiger partial charge on any atom is 0.278 e. The molecule has 0 spiro atoms. The number of alkyl halides is 1. The Morgan fingerprint density at radius 3 is 2.49 bits per heavy atom. The van der Waals surface area contributed by atoms with E-state index in [0.717, 1.165) is 6.07 Å². The number of benzene rings is 2. The van der Waals surface area contributed by atoms with E-state index in [1.807, 2.05) is 0 Å². The van der Waals surface area contributed by atoms with Crippen LogP contribution in [0.4, 0.5) is 13.2 Å². The Morgan fingerprint density at radius 1 is 1.12 bits per heavy atom. The summed E-state index contributed by atoms with van der Waals surface area (Å²) < 4.78 is 48.6. The molecule has 2 atom stereocenters. The third-order valence-electron chi connectivity index (χ3n) is 6.75. The maximum absolute atomic E-state index is 14.1. The van der Waals surface area contributed by atoms with Crippen LogP contribution in [0.5, 0.6) is 5.75 Å². The average Bonchev–Trinajstić information content (AvgIpc) is 2.97. The number of fused-ring (bicyclic) bond motifs is 1. The van der Waals surface area contributed by atoms with Gasteiger partial charge in [0.25, 0.3) is 11.8 Å². The minimum absolute atomic E-state index is 0.00720. The van der Waals surface area contributed by atoms with Crippen molar-refractivity contribution in [3.8, 4) is 5.75 Å². The molecule has 0 saturated heterocycles. The Balaban J connectivity index is 1.82. The van der Waals surface area contributed by atoms with E-state index in [9.17, 15) is 27.6 Å². The molecule has 3 aromatic rings. The molecule has 1 N–H and O–H groups in total. The fourth-order valence-electron chi connectivity index (χ4n) is 4.34. The van der Waals surface area contributed by atoms with Crippen LogP contribution >= 0.6 is 0 Å². The molecule has 2 aromatic carbocycles. The standard InChI is InChI=1S/C30H29F3N4O4/c1-4-19(3)37-18-35(23(5-2)14-31)30(40)26-28(41-17-20-9-7-6-8-10-20)27(38)24(16-36(26)37)29(39)34-15-21-11-12-22(32)13-25(21)33/h4-13,16,19,23H,1-2,14-15,17-18H2,3H3,(H,34,39)/t19?,23-/m1/s1. The highest BCUT2D eigenvalue weighted by atomic mass is 19.1. The van der Waals surface area contributed by atoms with E-state index in [2.05, 4.69) is 18.5 Å². The van der Waals surface area contributed by atoms with Gasteiger partial charge in [-0.1, -0.05) is 48.6 Å². The van der Waals surface area contributed by atoms with Crippen LogP contribution in [0.15, 0.2) is 84.8 Å². The number of carbonyl (C=O) groups excluding carboxylic acids is 2. The third-order valence-corrected chi connectivity index (χ3v) is 6.75. The Kier molecular flexibility index (Phi) is 8.96. The second-order valence-corrected chi connectivity index (χ2v) is 9.38. The van der Waals surface area contributed by atoms with E-state index in [0.29, 0.717) is 11.6 Å².